The van der Waals surface area contributed by atoms with E-state index in [1.54, 1.807) is 0 Å². The molecule has 2 heterocycles. The quantitative estimate of drug-likeness (QED) is 0.848. The molecule has 2 fully saturated rings. The summed E-state index contributed by atoms with van der Waals surface area (Å²) < 4.78 is 0. The Hall–Kier alpha value is -1.16. The Bertz CT molecular complexity index is 557. The van der Waals surface area contributed by atoms with Crippen molar-refractivity contribution in [3.05, 3.63) is 22.9 Å². The van der Waals surface area contributed by atoms with Gasteiger partial charge in [0.15, 0.2) is 0 Å². The third-order valence-electron chi connectivity index (χ3n) is 5.32. The van der Waals surface area contributed by atoms with Crippen LogP contribution in [0.3, 0.4) is 0 Å². The van der Waals surface area contributed by atoms with Crippen LogP contribution in [-0.4, -0.2) is 23.1 Å². The molecule has 1 saturated carbocycles. The monoisotopic (exact) mass is 287 g/mol. The summed E-state index contributed by atoms with van der Waals surface area (Å²) in [6.07, 6.45) is 7.63. The minimum Gasteiger partial charge on any atom is -0.389 e. The summed E-state index contributed by atoms with van der Waals surface area (Å²) in [6, 6.07) is 2.21. The summed E-state index contributed by atoms with van der Waals surface area (Å²) in [5, 5.41) is 0. The van der Waals surface area contributed by atoms with Gasteiger partial charge in [0.2, 0.25) is 0 Å². The molecular formula is C16H21N3S. The third-order valence-corrected chi connectivity index (χ3v) is 5.54. The van der Waals surface area contributed by atoms with Crippen LogP contribution in [0.15, 0.2) is 6.07 Å². The van der Waals surface area contributed by atoms with E-state index >= 15 is 0 Å². The molecule has 0 bridgehead atoms. The highest BCUT2D eigenvalue weighted by molar-refractivity contribution is 7.80. The minimum absolute atomic E-state index is 0.499. The highest BCUT2D eigenvalue weighted by Crippen LogP contribution is 2.40. The van der Waals surface area contributed by atoms with Gasteiger partial charge in [0.05, 0.1) is 5.56 Å². The Kier molecular flexibility index (Phi) is 2.95. The van der Waals surface area contributed by atoms with Crippen LogP contribution in [0.4, 0.5) is 5.82 Å². The van der Waals surface area contributed by atoms with Gasteiger partial charge < -0.3 is 10.6 Å². The summed E-state index contributed by atoms with van der Waals surface area (Å²) in [5.41, 5.74) is 9.59. The standard InChI is InChI=1S/C16H21N3S/c17-15(20)13-7-10-3-2-6-14(10)18-16(13)19-8-11-4-1-5-12(11)9-19/h7,11-12H,1-6,8-9H2,(H2,17,20). The molecule has 2 N–H and O–H groups in total. The molecule has 0 aromatic carbocycles. The van der Waals surface area contributed by atoms with E-state index in [4.69, 9.17) is 22.9 Å². The number of aryl methyl sites for hydroxylation is 2. The molecule has 2 aliphatic carbocycles. The SMILES string of the molecule is NC(=S)c1cc2c(nc1N1CC3CCCC3C1)CCC2. The van der Waals surface area contributed by atoms with Crippen LogP contribution >= 0.6 is 12.2 Å². The summed E-state index contributed by atoms with van der Waals surface area (Å²) in [5.74, 6) is 2.79. The van der Waals surface area contributed by atoms with Crippen molar-refractivity contribution in [3.63, 3.8) is 0 Å². The average Bonchev–Trinajstić information content (AvgIpc) is 3.11. The fraction of sp³-hybridized carbons (Fsp3) is 0.625. The Morgan fingerprint density at radius 2 is 1.95 bits per heavy atom. The first kappa shape index (κ1) is 12.6. The van der Waals surface area contributed by atoms with Crippen LogP contribution in [0, 0.1) is 11.8 Å². The van der Waals surface area contributed by atoms with Gasteiger partial charge in [0.1, 0.15) is 10.8 Å². The van der Waals surface area contributed by atoms with Crippen LogP contribution in [0.2, 0.25) is 0 Å². The number of nitrogens with two attached hydrogens (primary N) is 1. The zero-order valence-corrected chi connectivity index (χ0v) is 12.6. The highest BCUT2D eigenvalue weighted by Gasteiger charge is 2.37. The fourth-order valence-electron chi connectivity index (χ4n) is 4.29. The number of pyridine rings is 1. The fourth-order valence-corrected chi connectivity index (χ4v) is 4.44. The molecule has 1 aliphatic heterocycles. The van der Waals surface area contributed by atoms with Gasteiger partial charge in [-0.25, -0.2) is 4.98 Å². The molecule has 3 aliphatic rings. The van der Waals surface area contributed by atoms with Gasteiger partial charge >= 0.3 is 0 Å². The van der Waals surface area contributed by atoms with Crippen molar-refractivity contribution in [3.8, 4) is 0 Å². The van der Waals surface area contributed by atoms with Gasteiger partial charge in [0, 0.05) is 18.8 Å². The Labute approximate surface area is 125 Å². The first-order chi connectivity index (χ1) is 9.72. The lowest BCUT2D eigenvalue weighted by Gasteiger charge is -2.22. The second-order valence-corrected chi connectivity index (χ2v) is 6.98. The zero-order chi connectivity index (χ0) is 13.7. The zero-order valence-electron chi connectivity index (χ0n) is 11.8. The van der Waals surface area contributed by atoms with Crippen molar-refractivity contribution in [2.75, 3.05) is 18.0 Å². The molecule has 2 unspecified atom stereocenters. The first-order valence-electron chi connectivity index (χ1n) is 7.80. The van der Waals surface area contributed by atoms with Gasteiger partial charge in [-0.3, -0.25) is 0 Å². The average molecular weight is 287 g/mol. The second-order valence-electron chi connectivity index (χ2n) is 6.54. The number of rotatable bonds is 2. The Morgan fingerprint density at radius 1 is 1.20 bits per heavy atom. The smallest absolute Gasteiger partial charge is 0.139 e. The van der Waals surface area contributed by atoms with E-state index in [2.05, 4.69) is 11.0 Å². The molecule has 0 amide bonds. The molecule has 1 aromatic heterocycles. The normalized spacial score (nSPS) is 27.7. The molecule has 0 radical (unpaired) electrons. The predicted octanol–water partition coefficient (Wildman–Crippen LogP) is 2.44. The lowest BCUT2D eigenvalue weighted by molar-refractivity contribution is 0.494. The molecular weight excluding hydrogens is 266 g/mol. The molecule has 106 valence electrons. The molecule has 1 saturated heterocycles. The summed E-state index contributed by atoms with van der Waals surface area (Å²) >= 11 is 5.27. The Morgan fingerprint density at radius 3 is 2.65 bits per heavy atom. The van der Waals surface area contributed by atoms with Crippen molar-refractivity contribution in [2.24, 2.45) is 17.6 Å². The maximum atomic E-state index is 5.96. The van der Waals surface area contributed by atoms with E-state index in [-0.39, 0.29) is 0 Å². The van der Waals surface area contributed by atoms with Crippen LogP contribution < -0.4 is 10.6 Å². The number of thiocarbonyl (C=S) groups is 1. The number of fused-ring (bicyclic) bond motifs is 2. The summed E-state index contributed by atoms with van der Waals surface area (Å²) in [4.78, 5) is 7.89. The topological polar surface area (TPSA) is 42.1 Å². The van der Waals surface area contributed by atoms with Crippen LogP contribution in [-0.2, 0) is 12.8 Å². The van der Waals surface area contributed by atoms with E-state index < -0.39 is 0 Å². The van der Waals surface area contributed by atoms with Gasteiger partial charge in [-0.2, -0.15) is 0 Å². The van der Waals surface area contributed by atoms with Crippen molar-refractivity contribution in [1.82, 2.24) is 4.98 Å². The molecule has 2 atom stereocenters. The van der Waals surface area contributed by atoms with E-state index in [1.807, 2.05) is 0 Å². The lowest BCUT2D eigenvalue weighted by atomic mass is 10.0. The number of anilines is 1. The van der Waals surface area contributed by atoms with Crippen molar-refractivity contribution in [1.29, 1.82) is 0 Å². The number of hydrogen-bond acceptors (Lipinski definition) is 3. The lowest BCUT2D eigenvalue weighted by Crippen LogP contribution is -2.26. The first-order valence-corrected chi connectivity index (χ1v) is 8.21. The summed E-state index contributed by atoms with van der Waals surface area (Å²) in [7, 11) is 0. The van der Waals surface area contributed by atoms with Crippen LogP contribution in [0.25, 0.3) is 0 Å². The third kappa shape index (κ3) is 1.93. The van der Waals surface area contributed by atoms with E-state index in [0.29, 0.717) is 4.99 Å². The maximum absolute atomic E-state index is 5.96. The van der Waals surface area contributed by atoms with Crippen LogP contribution in [0.1, 0.15) is 42.5 Å². The van der Waals surface area contributed by atoms with E-state index in [1.165, 1.54) is 36.9 Å². The minimum atomic E-state index is 0.499. The van der Waals surface area contributed by atoms with E-state index in [9.17, 15) is 0 Å². The van der Waals surface area contributed by atoms with Crippen molar-refractivity contribution in [2.45, 2.75) is 38.5 Å². The molecule has 1 aromatic rings. The predicted molar refractivity (Wildman–Crippen MR) is 85.2 cm³/mol. The molecule has 4 rings (SSSR count). The second kappa shape index (κ2) is 4.69. The molecule has 4 heteroatoms. The van der Waals surface area contributed by atoms with Crippen molar-refractivity contribution >= 4 is 23.0 Å². The Balaban J connectivity index is 1.72. The highest BCUT2D eigenvalue weighted by atomic mass is 32.1. The summed E-state index contributed by atoms with van der Waals surface area (Å²) in [6.45, 7) is 2.29. The van der Waals surface area contributed by atoms with Gasteiger partial charge in [-0.15, -0.1) is 0 Å². The largest absolute Gasteiger partial charge is 0.389 e. The molecule has 20 heavy (non-hydrogen) atoms. The van der Waals surface area contributed by atoms with Crippen molar-refractivity contribution < 1.29 is 0 Å². The molecule has 3 nitrogen and oxygen atoms in total. The van der Waals surface area contributed by atoms with Gasteiger partial charge in [0.25, 0.3) is 0 Å². The number of aromatic nitrogens is 1. The van der Waals surface area contributed by atoms with E-state index in [0.717, 1.165) is 49.1 Å². The van der Waals surface area contributed by atoms with Gasteiger partial charge in [-0.1, -0.05) is 18.6 Å². The molecule has 0 spiro atoms. The van der Waals surface area contributed by atoms with Crippen LogP contribution in [0.5, 0.6) is 0 Å². The number of nitrogens with zero attached hydrogens (tertiary/aromatic N) is 2. The van der Waals surface area contributed by atoms with Gasteiger partial charge in [-0.05, 0) is 55.6 Å². The number of hydrogen-bond donors (Lipinski definition) is 1. The maximum Gasteiger partial charge on any atom is 0.139 e.